The first-order valence-corrected chi connectivity index (χ1v) is 8.12. The Kier molecular flexibility index (Phi) is 8.20. The van der Waals surface area contributed by atoms with E-state index in [1.807, 2.05) is 14.0 Å². The zero-order chi connectivity index (χ0) is 15.2. The van der Waals surface area contributed by atoms with Gasteiger partial charge in [0.1, 0.15) is 0 Å². The first-order valence-electron chi connectivity index (χ1n) is 8.12. The van der Waals surface area contributed by atoms with E-state index in [9.17, 15) is 0 Å². The number of hydrogen-bond donors (Lipinski definition) is 2. The van der Waals surface area contributed by atoms with Gasteiger partial charge in [0.25, 0.3) is 0 Å². The fourth-order valence-electron chi connectivity index (χ4n) is 2.82. The van der Waals surface area contributed by atoms with E-state index in [1.165, 1.54) is 25.0 Å². The van der Waals surface area contributed by atoms with E-state index in [0.717, 1.165) is 37.1 Å². The Hall–Kier alpha value is -0.790. The van der Waals surface area contributed by atoms with Crippen molar-refractivity contribution in [1.82, 2.24) is 20.4 Å². The van der Waals surface area contributed by atoms with Gasteiger partial charge in [-0.3, -0.25) is 9.67 Å². The van der Waals surface area contributed by atoms with Crippen molar-refractivity contribution in [1.29, 1.82) is 0 Å². The number of aryl methyl sites for hydroxylation is 3. The van der Waals surface area contributed by atoms with Crippen LogP contribution in [0.2, 0.25) is 0 Å². The average molecular weight is 419 g/mol. The van der Waals surface area contributed by atoms with Crippen LogP contribution in [0, 0.1) is 19.8 Å². The molecular weight excluding hydrogens is 389 g/mol. The fourth-order valence-corrected chi connectivity index (χ4v) is 2.82. The normalized spacial score (nSPS) is 20.5. The van der Waals surface area contributed by atoms with Gasteiger partial charge in [0, 0.05) is 31.9 Å². The van der Waals surface area contributed by atoms with Crippen LogP contribution in [-0.4, -0.2) is 35.4 Å². The number of rotatable bonds is 7. The van der Waals surface area contributed by atoms with E-state index < -0.39 is 0 Å². The van der Waals surface area contributed by atoms with Crippen molar-refractivity contribution < 1.29 is 0 Å². The number of hydrogen-bond acceptors (Lipinski definition) is 2. The summed E-state index contributed by atoms with van der Waals surface area (Å²) in [4.78, 5) is 4.30. The molecule has 1 aliphatic carbocycles. The lowest BCUT2D eigenvalue weighted by Gasteiger charge is -2.12. The molecule has 0 saturated heterocycles. The summed E-state index contributed by atoms with van der Waals surface area (Å²) in [5.41, 5.74) is 2.32. The predicted octanol–water partition coefficient (Wildman–Crippen LogP) is 2.86. The Bertz CT molecular complexity index is 483. The third-order valence-electron chi connectivity index (χ3n) is 4.07. The highest BCUT2D eigenvalue weighted by atomic mass is 127. The van der Waals surface area contributed by atoms with Crippen molar-refractivity contribution >= 4 is 29.9 Å². The second kappa shape index (κ2) is 9.37. The lowest BCUT2D eigenvalue weighted by molar-refractivity contribution is 0.554. The maximum atomic E-state index is 4.48. The van der Waals surface area contributed by atoms with E-state index in [0.29, 0.717) is 6.04 Å². The summed E-state index contributed by atoms with van der Waals surface area (Å²) >= 11 is 0. The molecule has 0 aromatic carbocycles. The van der Waals surface area contributed by atoms with Crippen LogP contribution in [0.5, 0.6) is 0 Å². The van der Waals surface area contributed by atoms with Crippen LogP contribution in [0.1, 0.15) is 44.0 Å². The molecule has 0 amide bonds. The first kappa shape index (κ1) is 19.3. The van der Waals surface area contributed by atoms with Gasteiger partial charge in [-0.25, -0.2) is 0 Å². The molecule has 2 unspecified atom stereocenters. The standard InChI is InChI=1S/C16H29N5.HI/c1-5-7-14-11-15(14)19-16(17-4)18-8-6-9-21-13(3)10-12(2)20-21;/h10,14-15H,5-9,11H2,1-4H3,(H2,17,18,19);1H. The van der Waals surface area contributed by atoms with Crippen molar-refractivity contribution in [2.75, 3.05) is 13.6 Å². The minimum absolute atomic E-state index is 0. The highest BCUT2D eigenvalue weighted by Gasteiger charge is 2.36. The largest absolute Gasteiger partial charge is 0.356 e. The quantitative estimate of drug-likeness (QED) is 0.309. The third kappa shape index (κ3) is 5.78. The van der Waals surface area contributed by atoms with Gasteiger partial charge < -0.3 is 10.6 Å². The molecular formula is C16H30IN5. The van der Waals surface area contributed by atoms with Crippen LogP contribution in [0.4, 0.5) is 0 Å². The molecule has 1 aliphatic rings. The maximum absolute atomic E-state index is 4.48. The van der Waals surface area contributed by atoms with Gasteiger partial charge in [0.15, 0.2) is 5.96 Å². The fraction of sp³-hybridized carbons (Fsp3) is 0.750. The average Bonchev–Trinajstić information content (AvgIpc) is 3.09. The molecule has 6 heteroatoms. The third-order valence-corrected chi connectivity index (χ3v) is 4.07. The minimum Gasteiger partial charge on any atom is -0.356 e. The van der Waals surface area contributed by atoms with E-state index >= 15 is 0 Å². The smallest absolute Gasteiger partial charge is 0.191 e. The van der Waals surface area contributed by atoms with E-state index in [-0.39, 0.29) is 24.0 Å². The van der Waals surface area contributed by atoms with Gasteiger partial charge >= 0.3 is 0 Å². The number of guanidine groups is 1. The highest BCUT2D eigenvalue weighted by molar-refractivity contribution is 14.0. The predicted molar refractivity (Wildman–Crippen MR) is 103 cm³/mol. The topological polar surface area (TPSA) is 54.2 Å². The number of nitrogens with zero attached hydrogens (tertiary/aromatic N) is 3. The van der Waals surface area contributed by atoms with Gasteiger partial charge in [-0.15, -0.1) is 24.0 Å². The molecule has 0 radical (unpaired) electrons. The van der Waals surface area contributed by atoms with Crippen molar-refractivity contribution in [3.63, 3.8) is 0 Å². The SMILES string of the molecule is CCCC1CC1NC(=NC)NCCCn1nc(C)cc1C.I. The molecule has 1 aromatic heterocycles. The monoisotopic (exact) mass is 419 g/mol. The van der Waals surface area contributed by atoms with Gasteiger partial charge in [0.2, 0.25) is 0 Å². The van der Waals surface area contributed by atoms with Gasteiger partial charge in [-0.1, -0.05) is 13.3 Å². The molecule has 2 rings (SSSR count). The number of aliphatic imine (C=N–C) groups is 1. The summed E-state index contributed by atoms with van der Waals surface area (Å²) in [5.74, 6) is 1.79. The zero-order valence-corrected chi connectivity index (χ0v) is 16.6. The number of halogens is 1. The molecule has 1 fully saturated rings. The molecule has 0 spiro atoms. The molecule has 1 saturated carbocycles. The molecule has 22 heavy (non-hydrogen) atoms. The summed E-state index contributed by atoms with van der Waals surface area (Å²) in [6, 6.07) is 2.75. The van der Waals surface area contributed by atoms with Crippen LogP contribution >= 0.6 is 24.0 Å². The van der Waals surface area contributed by atoms with E-state index in [4.69, 9.17) is 0 Å². The van der Waals surface area contributed by atoms with Crippen LogP contribution in [0.25, 0.3) is 0 Å². The lowest BCUT2D eigenvalue weighted by atomic mass is 10.2. The summed E-state index contributed by atoms with van der Waals surface area (Å²) in [6.45, 7) is 8.26. The van der Waals surface area contributed by atoms with Crippen molar-refractivity contribution in [3.8, 4) is 0 Å². The van der Waals surface area contributed by atoms with E-state index in [2.05, 4.69) is 45.3 Å². The van der Waals surface area contributed by atoms with Crippen molar-refractivity contribution in [2.24, 2.45) is 10.9 Å². The Labute approximate surface area is 151 Å². The zero-order valence-electron chi connectivity index (χ0n) is 14.2. The molecule has 1 heterocycles. The summed E-state index contributed by atoms with van der Waals surface area (Å²) < 4.78 is 2.07. The molecule has 2 atom stereocenters. The van der Waals surface area contributed by atoms with Gasteiger partial charge in [0.05, 0.1) is 5.69 Å². The van der Waals surface area contributed by atoms with Crippen LogP contribution < -0.4 is 10.6 Å². The molecule has 5 nitrogen and oxygen atoms in total. The van der Waals surface area contributed by atoms with Gasteiger partial charge in [-0.05, 0) is 45.1 Å². The van der Waals surface area contributed by atoms with Gasteiger partial charge in [-0.2, -0.15) is 5.10 Å². The second-order valence-electron chi connectivity index (χ2n) is 6.04. The van der Waals surface area contributed by atoms with Crippen LogP contribution in [0.3, 0.4) is 0 Å². The van der Waals surface area contributed by atoms with Crippen LogP contribution in [-0.2, 0) is 6.54 Å². The molecule has 0 bridgehead atoms. The lowest BCUT2D eigenvalue weighted by Crippen LogP contribution is -2.39. The van der Waals surface area contributed by atoms with E-state index in [1.54, 1.807) is 0 Å². The highest BCUT2D eigenvalue weighted by Crippen LogP contribution is 2.34. The Balaban J connectivity index is 0.00000242. The molecule has 126 valence electrons. The summed E-state index contributed by atoms with van der Waals surface area (Å²) in [6.07, 6.45) is 4.94. The molecule has 1 aromatic rings. The Morgan fingerprint density at radius 2 is 2.23 bits per heavy atom. The van der Waals surface area contributed by atoms with Crippen molar-refractivity contribution in [2.45, 2.75) is 59.0 Å². The first-order chi connectivity index (χ1) is 10.1. The number of aromatic nitrogens is 2. The Morgan fingerprint density at radius 3 is 2.82 bits per heavy atom. The second-order valence-corrected chi connectivity index (χ2v) is 6.04. The summed E-state index contributed by atoms with van der Waals surface area (Å²) in [7, 11) is 1.84. The van der Waals surface area contributed by atoms with Crippen LogP contribution in [0.15, 0.2) is 11.1 Å². The van der Waals surface area contributed by atoms with Crippen molar-refractivity contribution in [3.05, 3.63) is 17.5 Å². The molecule has 0 aliphatic heterocycles. The minimum atomic E-state index is 0. The maximum Gasteiger partial charge on any atom is 0.191 e. The summed E-state index contributed by atoms with van der Waals surface area (Å²) in [5, 5.41) is 11.4. The molecule has 2 N–H and O–H groups in total. The Morgan fingerprint density at radius 1 is 1.45 bits per heavy atom. The number of nitrogens with one attached hydrogen (secondary N) is 2.